The number of fused-ring (bicyclic) bond motifs is 6. The van der Waals surface area contributed by atoms with E-state index >= 15 is 0 Å². The molecule has 0 spiro atoms. The highest BCUT2D eigenvalue weighted by atomic mass is 16.7. The van der Waals surface area contributed by atoms with E-state index in [0.29, 0.717) is 52.7 Å². The van der Waals surface area contributed by atoms with Crippen molar-refractivity contribution in [1.82, 2.24) is 4.90 Å². The minimum absolute atomic E-state index is 0.138. The molecule has 2 aliphatic heterocycles. The van der Waals surface area contributed by atoms with Gasteiger partial charge in [0, 0.05) is 23.2 Å². The molecule has 2 aromatic carbocycles. The number of ketones is 1. The second kappa shape index (κ2) is 5.86. The fourth-order valence-electron chi connectivity index (χ4n) is 4.74. The van der Waals surface area contributed by atoms with Crippen LogP contribution >= 0.6 is 0 Å². The van der Waals surface area contributed by atoms with Gasteiger partial charge in [-0.05, 0) is 43.3 Å². The third-order valence-electron chi connectivity index (χ3n) is 6.03. The maximum atomic E-state index is 13.5. The lowest BCUT2D eigenvalue weighted by Crippen LogP contribution is -2.42. The van der Waals surface area contributed by atoms with E-state index in [9.17, 15) is 9.90 Å². The number of likely N-dealkylation sites (N-methyl/N-ethyl adjacent to an activating group) is 1. The van der Waals surface area contributed by atoms with E-state index in [1.807, 2.05) is 18.0 Å². The lowest BCUT2D eigenvalue weighted by molar-refractivity contribution is -0.0146. The summed E-state index contributed by atoms with van der Waals surface area (Å²) >= 11 is 0. The Balaban J connectivity index is 1.79. The van der Waals surface area contributed by atoms with Gasteiger partial charge in [-0.25, -0.2) is 0 Å². The van der Waals surface area contributed by atoms with Gasteiger partial charge < -0.3 is 24.1 Å². The number of carbonyl (C=O) groups excluding carboxylic acids is 1. The molecule has 1 N–H and O–H groups in total. The molecule has 3 aliphatic rings. The summed E-state index contributed by atoms with van der Waals surface area (Å²) in [4.78, 5) is 15.5. The summed E-state index contributed by atoms with van der Waals surface area (Å²) in [5, 5.41) is 11.9. The fourth-order valence-corrected chi connectivity index (χ4v) is 4.74. The second-order valence-electron chi connectivity index (χ2n) is 7.35. The van der Waals surface area contributed by atoms with Gasteiger partial charge in [0.1, 0.15) is 0 Å². The third kappa shape index (κ3) is 2.03. The molecule has 0 radical (unpaired) electrons. The Hall–Kier alpha value is -2.77. The van der Waals surface area contributed by atoms with Gasteiger partial charge in [-0.2, -0.15) is 0 Å². The van der Waals surface area contributed by atoms with Gasteiger partial charge in [-0.15, -0.1) is 0 Å². The van der Waals surface area contributed by atoms with Gasteiger partial charge >= 0.3 is 0 Å². The number of aliphatic hydroxyl groups is 1. The Kier molecular flexibility index (Phi) is 3.63. The molecule has 0 aromatic heterocycles. The first kappa shape index (κ1) is 17.3. The number of carbonyl (C=O) groups is 1. The van der Waals surface area contributed by atoms with Crippen molar-refractivity contribution in [1.29, 1.82) is 0 Å². The van der Waals surface area contributed by atoms with Crippen LogP contribution in [0.4, 0.5) is 0 Å². The van der Waals surface area contributed by atoms with Crippen molar-refractivity contribution in [2.75, 3.05) is 34.6 Å². The van der Waals surface area contributed by atoms with Crippen molar-refractivity contribution in [3.63, 3.8) is 0 Å². The SMILES string of the molecule is COc1ccc2c(c1OC)C1N(C)CCc3cc4c(cc3C1(O)C2=O)OCO4. The average Bonchev–Trinajstić information content (AvgIpc) is 3.22. The second-order valence-corrected chi connectivity index (χ2v) is 7.35. The topological polar surface area (TPSA) is 77.5 Å². The quantitative estimate of drug-likeness (QED) is 0.850. The Morgan fingerprint density at radius 1 is 1.18 bits per heavy atom. The molecule has 1 aliphatic carbocycles. The predicted molar refractivity (Wildman–Crippen MR) is 99.4 cm³/mol. The van der Waals surface area contributed by atoms with E-state index in [2.05, 4.69) is 0 Å². The summed E-state index contributed by atoms with van der Waals surface area (Å²) in [7, 11) is 5.01. The standard InChI is InChI=1S/C21H21NO6/c1-22-7-6-11-8-15-16(28-10-27-15)9-13(11)21(24)19(22)17-12(20(21)23)4-5-14(25-2)18(17)26-3/h4-5,8-9,19,24H,6-7,10H2,1-3H3. The molecule has 7 nitrogen and oxygen atoms in total. The lowest BCUT2D eigenvalue weighted by Gasteiger charge is -2.34. The number of hydrogen-bond acceptors (Lipinski definition) is 7. The van der Waals surface area contributed by atoms with Gasteiger partial charge in [0.05, 0.1) is 20.3 Å². The molecule has 7 heteroatoms. The molecule has 0 amide bonds. The zero-order chi connectivity index (χ0) is 19.6. The van der Waals surface area contributed by atoms with Crippen LogP contribution in [-0.2, 0) is 12.0 Å². The minimum atomic E-state index is -1.75. The van der Waals surface area contributed by atoms with Crippen LogP contribution in [0.5, 0.6) is 23.0 Å². The molecule has 28 heavy (non-hydrogen) atoms. The van der Waals surface area contributed by atoms with Crippen LogP contribution in [0.15, 0.2) is 24.3 Å². The predicted octanol–water partition coefficient (Wildman–Crippen LogP) is 2.05. The van der Waals surface area contributed by atoms with Crippen molar-refractivity contribution < 1.29 is 28.8 Å². The first-order chi connectivity index (χ1) is 13.5. The lowest BCUT2D eigenvalue weighted by atomic mass is 9.83. The number of Topliss-reactive ketones (excluding diaryl/α,β-unsaturated/α-hetero) is 1. The van der Waals surface area contributed by atoms with Crippen molar-refractivity contribution >= 4 is 5.78 Å². The molecule has 2 atom stereocenters. The molecule has 0 fully saturated rings. The molecule has 2 aromatic rings. The van der Waals surface area contributed by atoms with Crippen LogP contribution in [0.1, 0.15) is 33.1 Å². The van der Waals surface area contributed by atoms with Gasteiger partial charge in [0.15, 0.2) is 28.6 Å². The molecule has 5 rings (SSSR count). The highest BCUT2D eigenvalue weighted by Gasteiger charge is 2.58. The van der Waals surface area contributed by atoms with E-state index in [4.69, 9.17) is 18.9 Å². The van der Waals surface area contributed by atoms with Gasteiger partial charge in [-0.3, -0.25) is 9.69 Å². The molecule has 0 saturated carbocycles. The summed E-state index contributed by atoms with van der Waals surface area (Å²) in [6, 6.07) is 6.43. The molecule has 2 unspecified atom stereocenters. The summed E-state index contributed by atoms with van der Waals surface area (Å²) in [5.41, 5.74) is 0.801. The fraction of sp³-hybridized carbons (Fsp3) is 0.381. The highest BCUT2D eigenvalue weighted by Crippen LogP contribution is 2.56. The van der Waals surface area contributed by atoms with Crippen molar-refractivity contribution in [2.45, 2.75) is 18.1 Å². The number of nitrogens with zero attached hydrogens (tertiary/aromatic N) is 1. The van der Waals surface area contributed by atoms with Crippen LogP contribution in [0.3, 0.4) is 0 Å². The van der Waals surface area contributed by atoms with E-state index in [1.165, 1.54) is 0 Å². The summed E-state index contributed by atoms with van der Waals surface area (Å²) < 4.78 is 22.1. The Morgan fingerprint density at radius 3 is 2.64 bits per heavy atom. The van der Waals surface area contributed by atoms with Gasteiger partial charge in [-0.1, -0.05) is 0 Å². The number of benzene rings is 2. The van der Waals surface area contributed by atoms with Gasteiger partial charge in [0.25, 0.3) is 0 Å². The van der Waals surface area contributed by atoms with Crippen LogP contribution in [0, 0.1) is 0 Å². The zero-order valence-corrected chi connectivity index (χ0v) is 15.9. The van der Waals surface area contributed by atoms with Gasteiger partial charge in [0.2, 0.25) is 12.6 Å². The zero-order valence-electron chi connectivity index (χ0n) is 15.9. The summed E-state index contributed by atoms with van der Waals surface area (Å²) in [6.45, 7) is 0.798. The number of hydrogen-bond donors (Lipinski definition) is 1. The van der Waals surface area contributed by atoms with Crippen molar-refractivity contribution in [3.05, 3.63) is 46.5 Å². The van der Waals surface area contributed by atoms with Crippen LogP contribution in [0.25, 0.3) is 0 Å². The van der Waals surface area contributed by atoms with Crippen LogP contribution in [0.2, 0.25) is 0 Å². The number of methoxy groups -OCH3 is 2. The molecule has 0 bridgehead atoms. The van der Waals surface area contributed by atoms with E-state index in [-0.39, 0.29) is 12.6 Å². The van der Waals surface area contributed by atoms with E-state index < -0.39 is 11.6 Å². The number of rotatable bonds is 2. The summed E-state index contributed by atoms with van der Waals surface area (Å²) in [5.74, 6) is 1.85. The van der Waals surface area contributed by atoms with Crippen LogP contribution < -0.4 is 18.9 Å². The molecule has 2 heterocycles. The van der Waals surface area contributed by atoms with E-state index in [0.717, 1.165) is 5.56 Å². The van der Waals surface area contributed by atoms with Crippen molar-refractivity contribution in [3.8, 4) is 23.0 Å². The molecular weight excluding hydrogens is 362 g/mol. The Bertz CT molecular complexity index is 1000. The first-order valence-corrected chi connectivity index (χ1v) is 9.16. The maximum absolute atomic E-state index is 13.5. The average molecular weight is 383 g/mol. The molecule has 146 valence electrons. The minimum Gasteiger partial charge on any atom is -0.493 e. The largest absolute Gasteiger partial charge is 0.493 e. The molecule has 0 saturated heterocycles. The maximum Gasteiger partial charge on any atom is 0.231 e. The van der Waals surface area contributed by atoms with Crippen molar-refractivity contribution in [2.24, 2.45) is 0 Å². The Labute approximate surface area is 162 Å². The molecular formula is C21H21NO6. The van der Waals surface area contributed by atoms with Crippen LogP contribution in [-0.4, -0.2) is 50.4 Å². The monoisotopic (exact) mass is 383 g/mol. The normalized spacial score (nSPS) is 25.0. The smallest absolute Gasteiger partial charge is 0.231 e. The van der Waals surface area contributed by atoms with E-state index in [1.54, 1.807) is 32.4 Å². The summed E-state index contributed by atoms with van der Waals surface area (Å²) in [6.07, 6.45) is 0.677. The Morgan fingerprint density at radius 2 is 1.93 bits per heavy atom. The number of ether oxygens (including phenoxy) is 4. The highest BCUT2D eigenvalue weighted by molar-refractivity contribution is 6.09. The third-order valence-corrected chi connectivity index (χ3v) is 6.03. The first-order valence-electron chi connectivity index (χ1n) is 9.16.